The Morgan fingerprint density at radius 1 is 1.00 bits per heavy atom. The summed E-state index contributed by atoms with van der Waals surface area (Å²) in [6.45, 7) is 0. The predicted octanol–water partition coefficient (Wildman–Crippen LogP) is 4.27. The zero-order valence-electron chi connectivity index (χ0n) is 16.2. The molecule has 3 aromatic carbocycles. The Labute approximate surface area is 181 Å². The van der Waals surface area contributed by atoms with Gasteiger partial charge in [-0.3, -0.25) is 19.6 Å². The number of carbonyl (C=O) groups is 1. The van der Waals surface area contributed by atoms with E-state index < -0.39 is 26.7 Å². The molecule has 32 heavy (non-hydrogen) atoms. The fourth-order valence-electron chi connectivity index (χ4n) is 3.09. The quantitative estimate of drug-likeness (QED) is 0.295. The van der Waals surface area contributed by atoms with Gasteiger partial charge in [-0.05, 0) is 48.5 Å². The van der Waals surface area contributed by atoms with Crippen molar-refractivity contribution in [3.8, 4) is 0 Å². The molecule has 9 nitrogen and oxygen atoms in total. The molecule has 0 spiro atoms. The molecule has 0 aliphatic carbocycles. The van der Waals surface area contributed by atoms with Gasteiger partial charge in [-0.1, -0.05) is 6.07 Å². The summed E-state index contributed by atoms with van der Waals surface area (Å²) in [7, 11) is -3.96. The van der Waals surface area contributed by atoms with Gasteiger partial charge < -0.3 is 10.3 Å². The molecule has 0 aliphatic rings. The second-order valence-electron chi connectivity index (χ2n) is 6.78. The Bertz CT molecular complexity index is 1450. The maximum atomic E-state index is 13.3. The van der Waals surface area contributed by atoms with E-state index in [1.54, 1.807) is 0 Å². The van der Waals surface area contributed by atoms with Crippen molar-refractivity contribution < 1.29 is 22.5 Å². The van der Waals surface area contributed by atoms with Crippen LogP contribution in [0.2, 0.25) is 0 Å². The topological polar surface area (TPSA) is 134 Å². The van der Waals surface area contributed by atoms with Gasteiger partial charge >= 0.3 is 0 Å². The monoisotopic (exact) mass is 454 g/mol. The average Bonchev–Trinajstić information content (AvgIpc) is 3.17. The zero-order chi connectivity index (χ0) is 22.9. The third kappa shape index (κ3) is 4.27. The highest BCUT2D eigenvalue weighted by atomic mass is 32.2. The van der Waals surface area contributed by atoms with Crippen LogP contribution in [0.3, 0.4) is 0 Å². The standard InChI is InChI=1S/C21H15FN4O5S/c22-13-2-1-3-15(10-13)25-32(30,31)17-7-4-14(5-8-17)24-21(27)19-12-23-20-9-6-16(26(28)29)11-18(19)20/h1-12,23,25H,(H,24,27). The number of H-pyrrole nitrogens is 1. The van der Waals surface area contributed by atoms with Crippen molar-refractivity contribution in [1.29, 1.82) is 0 Å². The fraction of sp³-hybridized carbons (Fsp3) is 0. The van der Waals surface area contributed by atoms with E-state index in [2.05, 4.69) is 15.0 Å². The molecule has 4 rings (SSSR count). The van der Waals surface area contributed by atoms with E-state index in [-0.39, 0.29) is 21.8 Å². The van der Waals surface area contributed by atoms with Crippen LogP contribution in [-0.2, 0) is 10.0 Å². The first-order valence-corrected chi connectivity index (χ1v) is 10.7. The van der Waals surface area contributed by atoms with Crippen LogP contribution < -0.4 is 10.0 Å². The third-order valence-electron chi connectivity index (χ3n) is 4.62. The lowest BCUT2D eigenvalue weighted by atomic mass is 10.1. The number of sulfonamides is 1. The normalized spacial score (nSPS) is 11.3. The molecule has 11 heteroatoms. The number of nitrogens with zero attached hydrogens (tertiary/aromatic N) is 1. The van der Waals surface area contributed by atoms with E-state index in [0.717, 1.165) is 6.07 Å². The number of nitrogens with one attached hydrogen (secondary N) is 3. The molecule has 162 valence electrons. The van der Waals surface area contributed by atoms with E-state index in [0.29, 0.717) is 16.6 Å². The first kappa shape index (κ1) is 21.0. The number of hydrogen-bond acceptors (Lipinski definition) is 5. The minimum atomic E-state index is -3.96. The number of benzene rings is 3. The van der Waals surface area contributed by atoms with Gasteiger partial charge in [0.2, 0.25) is 0 Å². The molecule has 0 unspecified atom stereocenters. The van der Waals surface area contributed by atoms with Crippen LogP contribution in [0.1, 0.15) is 10.4 Å². The summed E-state index contributed by atoms with van der Waals surface area (Å²) < 4.78 is 40.5. The van der Waals surface area contributed by atoms with Gasteiger partial charge in [0.15, 0.2) is 0 Å². The van der Waals surface area contributed by atoms with Gasteiger partial charge in [0, 0.05) is 34.9 Å². The van der Waals surface area contributed by atoms with Crippen LogP contribution in [-0.4, -0.2) is 24.2 Å². The maximum absolute atomic E-state index is 13.3. The molecular weight excluding hydrogens is 439 g/mol. The lowest BCUT2D eigenvalue weighted by Crippen LogP contribution is -2.14. The molecule has 0 radical (unpaired) electrons. The summed E-state index contributed by atoms with van der Waals surface area (Å²) in [6.07, 6.45) is 1.44. The van der Waals surface area contributed by atoms with Crippen LogP contribution in [0.15, 0.2) is 77.8 Å². The molecule has 1 aromatic heterocycles. The molecule has 0 bridgehead atoms. The van der Waals surface area contributed by atoms with Crippen molar-refractivity contribution in [3.05, 3.63) is 94.4 Å². The second kappa shape index (κ2) is 8.12. The Morgan fingerprint density at radius 2 is 1.75 bits per heavy atom. The highest BCUT2D eigenvalue weighted by Gasteiger charge is 2.17. The van der Waals surface area contributed by atoms with Crippen LogP contribution in [0.5, 0.6) is 0 Å². The number of aromatic nitrogens is 1. The number of hydrogen-bond donors (Lipinski definition) is 3. The number of nitro groups is 1. The van der Waals surface area contributed by atoms with Crippen molar-refractivity contribution in [3.63, 3.8) is 0 Å². The van der Waals surface area contributed by atoms with Crippen LogP contribution in [0, 0.1) is 15.9 Å². The van der Waals surface area contributed by atoms with Gasteiger partial charge in [0.05, 0.1) is 21.1 Å². The number of anilines is 2. The second-order valence-corrected chi connectivity index (χ2v) is 8.47. The third-order valence-corrected chi connectivity index (χ3v) is 6.02. The minimum Gasteiger partial charge on any atom is -0.360 e. The van der Waals surface area contributed by atoms with Crippen molar-refractivity contribution in [2.45, 2.75) is 4.90 Å². The first-order chi connectivity index (χ1) is 15.2. The number of carbonyl (C=O) groups excluding carboxylic acids is 1. The number of fused-ring (bicyclic) bond motifs is 1. The Kier molecular flexibility index (Phi) is 5.33. The summed E-state index contributed by atoms with van der Waals surface area (Å²) in [5.41, 5.74) is 1.01. The summed E-state index contributed by atoms with van der Waals surface area (Å²) in [4.78, 5) is 25.9. The molecule has 0 saturated heterocycles. The number of rotatable bonds is 6. The van der Waals surface area contributed by atoms with Gasteiger partial charge in [-0.15, -0.1) is 0 Å². The van der Waals surface area contributed by atoms with E-state index in [9.17, 15) is 27.7 Å². The van der Waals surface area contributed by atoms with Crippen molar-refractivity contribution >= 4 is 43.9 Å². The van der Waals surface area contributed by atoms with Crippen LogP contribution >= 0.6 is 0 Å². The molecule has 1 heterocycles. The molecule has 0 saturated carbocycles. The molecule has 4 aromatic rings. The van der Waals surface area contributed by atoms with Crippen LogP contribution in [0.4, 0.5) is 21.5 Å². The lowest BCUT2D eigenvalue weighted by Gasteiger charge is -2.09. The molecule has 3 N–H and O–H groups in total. The fourth-order valence-corrected chi connectivity index (χ4v) is 4.14. The van der Waals surface area contributed by atoms with E-state index in [4.69, 9.17) is 0 Å². The van der Waals surface area contributed by atoms with Crippen molar-refractivity contribution in [2.24, 2.45) is 0 Å². The number of aromatic amines is 1. The highest BCUT2D eigenvalue weighted by Crippen LogP contribution is 2.25. The summed E-state index contributed by atoms with van der Waals surface area (Å²) >= 11 is 0. The van der Waals surface area contributed by atoms with E-state index in [1.807, 2.05) is 0 Å². The maximum Gasteiger partial charge on any atom is 0.270 e. The molecule has 0 fully saturated rings. The highest BCUT2D eigenvalue weighted by molar-refractivity contribution is 7.92. The number of halogens is 1. The molecule has 0 atom stereocenters. The van der Waals surface area contributed by atoms with Gasteiger partial charge in [-0.2, -0.15) is 0 Å². The SMILES string of the molecule is O=C(Nc1ccc(S(=O)(=O)Nc2cccc(F)c2)cc1)c1c[nH]c2ccc([N+](=O)[O-])cc12. The Hall–Kier alpha value is -4.25. The molecular formula is C21H15FN4O5S. The van der Waals surface area contributed by atoms with Gasteiger partial charge in [0.25, 0.3) is 21.6 Å². The average molecular weight is 454 g/mol. The largest absolute Gasteiger partial charge is 0.360 e. The van der Waals surface area contributed by atoms with Gasteiger partial charge in [-0.25, -0.2) is 12.8 Å². The first-order valence-electron chi connectivity index (χ1n) is 9.18. The number of non-ortho nitro benzene ring substituents is 1. The van der Waals surface area contributed by atoms with Crippen molar-refractivity contribution in [1.82, 2.24) is 4.98 Å². The number of amides is 1. The van der Waals surface area contributed by atoms with Crippen LogP contribution in [0.25, 0.3) is 10.9 Å². The van der Waals surface area contributed by atoms with Gasteiger partial charge in [0.1, 0.15) is 5.82 Å². The zero-order valence-corrected chi connectivity index (χ0v) is 17.0. The predicted molar refractivity (Wildman–Crippen MR) is 117 cm³/mol. The Balaban J connectivity index is 1.52. The summed E-state index contributed by atoms with van der Waals surface area (Å²) in [5, 5.41) is 14.0. The summed E-state index contributed by atoms with van der Waals surface area (Å²) in [6, 6.07) is 14.6. The molecule has 0 aliphatic heterocycles. The summed E-state index contributed by atoms with van der Waals surface area (Å²) in [5.74, 6) is -1.10. The van der Waals surface area contributed by atoms with E-state index >= 15 is 0 Å². The number of nitro benzene ring substituents is 1. The Morgan fingerprint density at radius 3 is 2.44 bits per heavy atom. The van der Waals surface area contributed by atoms with E-state index in [1.165, 1.54) is 66.9 Å². The minimum absolute atomic E-state index is 0.0795. The molecule has 1 amide bonds. The smallest absolute Gasteiger partial charge is 0.270 e. The lowest BCUT2D eigenvalue weighted by molar-refractivity contribution is -0.384. The van der Waals surface area contributed by atoms with Crippen molar-refractivity contribution in [2.75, 3.05) is 10.0 Å².